The third-order valence-corrected chi connectivity index (χ3v) is 4.09. The number of nitrogens with one attached hydrogen (secondary N) is 1. The van der Waals surface area contributed by atoms with Crippen LogP contribution in [0.5, 0.6) is 0 Å². The average molecular weight is 421 g/mol. The molecule has 1 aliphatic rings. The number of carbonyl (C=O) groups is 1. The summed E-state index contributed by atoms with van der Waals surface area (Å²) in [7, 11) is 0. The van der Waals surface area contributed by atoms with Crippen molar-refractivity contribution in [3.63, 3.8) is 0 Å². The van der Waals surface area contributed by atoms with E-state index in [1.54, 1.807) is 6.92 Å². The monoisotopic (exact) mass is 420 g/mol. The predicted molar refractivity (Wildman–Crippen MR) is 87.9 cm³/mol. The zero-order valence-electron chi connectivity index (χ0n) is 13.1. The molecule has 0 radical (unpaired) electrons. The normalized spacial score (nSPS) is 26.7. The smallest absolute Gasteiger partial charge is 0.345 e. The van der Waals surface area contributed by atoms with Crippen LogP contribution in [0.25, 0.3) is 6.08 Å². The summed E-state index contributed by atoms with van der Waals surface area (Å²) >= 11 is 2.98. The highest BCUT2D eigenvalue weighted by molar-refractivity contribution is 9.12. The Bertz CT molecular complexity index is 786. The fourth-order valence-corrected chi connectivity index (χ4v) is 2.66. The highest BCUT2D eigenvalue weighted by Gasteiger charge is 2.43. The molecule has 2 rings (SSSR count). The maximum Gasteiger partial charge on any atom is 0.345 e. The number of halogens is 1. The fourth-order valence-electron chi connectivity index (χ4n) is 2.30. The van der Waals surface area contributed by atoms with Crippen LogP contribution < -0.4 is 11.2 Å². The van der Waals surface area contributed by atoms with E-state index in [1.165, 1.54) is 0 Å². The molecule has 10 nitrogen and oxygen atoms in total. The Labute approximate surface area is 149 Å². The highest BCUT2D eigenvalue weighted by Crippen LogP contribution is 2.28. The Morgan fingerprint density at radius 1 is 1.44 bits per heavy atom. The summed E-state index contributed by atoms with van der Waals surface area (Å²) in [5, 5.41) is 28.9. The van der Waals surface area contributed by atoms with Gasteiger partial charge in [0.2, 0.25) is 0 Å². The zero-order chi connectivity index (χ0) is 18.7. The number of H-pyrrole nitrogens is 1. The van der Waals surface area contributed by atoms with Gasteiger partial charge in [-0.05, 0) is 28.9 Å². The number of aliphatic hydroxyl groups is 3. The van der Waals surface area contributed by atoms with Gasteiger partial charge >= 0.3 is 11.7 Å². The van der Waals surface area contributed by atoms with Crippen LogP contribution in [0.15, 0.2) is 20.3 Å². The van der Waals surface area contributed by atoms with Crippen molar-refractivity contribution in [1.29, 1.82) is 0 Å². The van der Waals surface area contributed by atoms with Crippen LogP contribution in [-0.2, 0) is 14.3 Å². The van der Waals surface area contributed by atoms with Crippen molar-refractivity contribution in [3.8, 4) is 0 Å². The summed E-state index contributed by atoms with van der Waals surface area (Å²) in [5.41, 5.74) is -1.74. The van der Waals surface area contributed by atoms with Crippen LogP contribution in [0.3, 0.4) is 0 Å². The van der Waals surface area contributed by atoms with Crippen LogP contribution in [0, 0.1) is 0 Å². The number of aromatic amines is 1. The topological polar surface area (TPSA) is 151 Å². The first-order valence-electron chi connectivity index (χ1n) is 7.32. The molecule has 0 aliphatic carbocycles. The maximum atomic E-state index is 12.0. The zero-order valence-corrected chi connectivity index (χ0v) is 14.7. The lowest BCUT2D eigenvalue weighted by Gasteiger charge is -2.17. The molecule has 2 heterocycles. The van der Waals surface area contributed by atoms with Gasteiger partial charge in [-0.2, -0.15) is 0 Å². The van der Waals surface area contributed by atoms with Gasteiger partial charge in [0.15, 0.2) is 6.23 Å². The van der Waals surface area contributed by atoms with Gasteiger partial charge in [-0.15, -0.1) is 0 Å². The number of ether oxygens (including phenoxy) is 2. The molecule has 25 heavy (non-hydrogen) atoms. The van der Waals surface area contributed by atoms with Crippen molar-refractivity contribution in [1.82, 2.24) is 9.55 Å². The minimum atomic E-state index is -1.49. The Kier molecular flexibility index (Phi) is 6.30. The summed E-state index contributed by atoms with van der Waals surface area (Å²) in [6, 6.07) is 0. The molecule has 4 N–H and O–H groups in total. The molecule has 1 fully saturated rings. The van der Waals surface area contributed by atoms with Crippen LogP contribution in [0.1, 0.15) is 18.7 Å². The standard InChI is InChI=1S/C14H17BrN2O8/c1-2-24-13(22)7(15)3-6-4-17(14(23)16-11(6)21)12-10(20)9(19)8(5-18)25-12/h3-4,8-10,12,18-20H,2,5H2,1H3,(H,16,21,23)/b7-3+. The van der Waals surface area contributed by atoms with Gasteiger partial charge in [0.1, 0.15) is 22.8 Å². The number of carbonyl (C=O) groups excluding carboxylic acids is 1. The van der Waals surface area contributed by atoms with E-state index in [0.717, 1.165) is 16.8 Å². The van der Waals surface area contributed by atoms with Crippen molar-refractivity contribution in [2.24, 2.45) is 0 Å². The number of aliphatic hydroxyl groups excluding tert-OH is 3. The molecule has 11 heteroatoms. The second kappa shape index (κ2) is 8.06. The van der Waals surface area contributed by atoms with Gasteiger partial charge in [0.05, 0.1) is 18.8 Å². The predicted octanol–water partition coefficient (Wildman–Crippen LogP) is -1.55. The Hall–Kier alpha value is -1.79. The quantitative estimate of drug-likeness (QED) is 0.330. The summed E-state index contributed by atoms with van der Waals surface area (Å²) < 4.78 is 10.8. The van der Waals surface area contributed by atoms with E-state index in [9.17, 15) is 24.6 Å². The minimum absolute atomic E-state index is 0.0498. The SMILES string of the molecule is CCOC(=O)/C(Br)=C\c1cn(C2OC(CO)C(O)C2O)c(=O)[nH]c1=O. The second-order valence-corrected chi connectivity index (χ2v) is 6.05. The first kappa shape index (κ1) is 19.5. The van der Waals surface area contributed by atoms with Crippen molar-refractivity contribution >= 4 is 28.0 Å². The highest BCUT2D eigenvalue weighted by atomic mass is 79.9. The van der Waals surface area contributed by atoms with Crippen LogP contribution in [0.4, 0.5) is 0 Å². The average Bonchev–Trinajstić information content (AvgIpc) is 2.85. The molecular formula is C14H17BrN2O8. The molecule has 0 aromatic carbocycles. The Morgan fingerprint density at radius 3 is 2.68 bits per heavy atom. The van der Waals surface area contributed by atoms with Crippen LogP contribution in [-0.4, -0.2) is 62.4 Å². The largest absolute Gasteiger partial charge is 0.462 e. The number of rotatable bonds is 5. The van der Waals surface area contributed by atoms with Crippen molar-refractivity contribution in [3.05, 3.63) is 37.1 Å². The van der Waals surface area contributed by atoms with Gasteiger partial charge < -0.3 is 24.8 Å². The number of esters is 1. The van der Waals surface area contributed by atoms with Gasteiger partial charge in [-0.3, -0.25) is 14.3 Å². The first-order valence-corrected chi connectivity index (χ1v) is 8.11. The maximum absolute atomic E-state index is 12.0. The minimum Gasteiger partial charge on any atom is -0.462 e. The molecule has 0 bridgehead atoms. The van der Waals surface area contributed by atoms with Gasteiger partial charge in [-0.1, -0.05) is 0 Å². The second-order valence-electron chi connectivity index (χ2n) is 5.19. The van der Waals surface area contributed by atoms with Crippen LogP contribution in [0.2, 0.25) is 0 Å². The third kappa shape index (κ3) is 4.07. The summed E-state index contributed by atoms with van der Waals surface area (Å²) in [6.07, 6.45) is -3.07. The lowest BCUT2D eigenvalue weighted by Crippen LogP contribution is -2.38. The number of aromatic nitrogens is 2. The summed E-state index contributed by atoms with van der Waals surface area (Å²) in [4.78, 5) is 37.5. The lowest BCUT2D eigenvalue weighted by atomic mass is 10.1. The van der Waals surface area contributed by atoms with Crippen molar-refractivity contribution in [2.75, 3.05) is 13.2 Å². The van der Waals surface area contributed by atoms with Crippen molar-refractivity contribution in [2.45, 2.75) is 31.5 Å². The number of hydrogen-bond donors (Lipinski definition) is 4. The molecule has 1 aromatic rings. The van der Waals surface area contributed by atoms with Crippen LogP contribution >= 0.6 is 15.9 Å². The Morgan fingerprint density at radius 2 is 2.12 bits per heavy atom. The number of hydrogen-bond acceptors (Lipinski definition) is 8. The third-order valence-electron chi connectivity index (χ3n) is 3.54. The lowest BCUT2D eigenvalue weighted by molar-refractivity contribution is -0.137. The van der Waals surface area contributed by atoms with Gasteiger partial charge in [-0.25, -0.2) is 9.59 Å². The Balaban J connectivity index is 2.42. The van der Waals surface area contributed by atoms with E-state index in [1.807, 2.05) is 4.98 Å². The molecular weight excluding hydrogens is 404 g/mol. The van der Waals surface area contributed by atoms with E-state index in [-0.39, 0.29) is 16.7 Å². The molecule has 4 unspecified atom stereocenters. The first-order chi connectivity index (χ1) is 11.8. The van der Waals surface area contributed by atoms with E-state index in [2.05, 4.69) is 15.9 Å². The molecule has 0 saturated carbocycles. The molecule has 1 aromatic heterocycles. The fraction of sp³-hybridized carbons (Fsp3) is 0.500. The van der Waals surface area contributed by atoms with Crippen molar-refractivity contribution < 1.29 is 29.6 Å². The van der Waals surface area contributed by atoms with E-state index in [0.29, 0.717) is 0 Å². The molecule has 4 atom stereocenters. The van der Waals surface area contributed by atoms with E-state index in [4.69, 9.17) is 14.6 Å². The summed E-state index contributed by atoms with van der Waals surface area (Å²) in [5.74, 6) is -0.701. The van der Waals surface area contributed by atoms with E-state index >= 15 is 0 Å². The molecule has 0 amide bonds. The molecule has 1 aliphatic heterocycles. The number of nitrogens with zero attached hydrogens (tertiary/aromatic N) is 1. The van der Waals surface area contributed by atoms with Gasteiger partial charge in [0, 0.05) is 6.20 Å². The summed E-state index contributed by atoms with van der Waals surface area (Å²) in [6.45, 7) is 1.20. The van der Waals surface area contributed by atoms with Gasteiger partial charge in [0.25, 0.3) is 5.56 Å². The molecule has 1 saturated heterocycles. The van der Waals surface area contributed by atoms with E-state index < -0.39 is 48.4 Å². The molecule has 138 valence electrons. The molecule has 0 spiro atoms.